The van der Waals surface area contributed by atoms with Crippen molar-refractivity contribution in [3.05, 3.63) is 52.0 Å². The average Bonchev–Trinajstić information content (AvgIpc) is 2.71. The summed E-state index contributed by atoms with van der Waals surface area (Å²) >= 11 is 3.29. The highest BCUT2D eigenvalue weighted by Gasteiger charge is 2.14. The fourth-order valence-electron chi connectivity index (χ4n) is 2.33. The minimum Gasteiger partial charge on any atom is -0.493 e. The van der Waals surface area contributed by atoms with Crippen molar-refractivity contribution >= 4 is 34.0 Å². The number of hydrogen-bond donors (Lipinski definition) is 2. The summed E-state index contributed by atoms with van der Waals surface area (Å²) in [7, 11) is 4.51. The number of ether oxygens (including phenoxy) is 3. The molecule has 0 saturated carbocycles. The lowest BCUT2D eigenvalue weighted by molar-refractivity contribution is -0.120. The summed E-state index contributed by atoms with van der Waals surface area (Å²) < 4.78 is 16.6. The molecule has 0 spiro atoms. The van der Waals surface area contributed by atoms with E-state index in [4.69, 9.17) is 14.2 Å². The van der Waals surface area contributed by atoms with E-state index in [1.807, 2.05) is 0 Å². The van der Waals surface area contributed by atoms with Crippen LogP contribution in [0.1, 0.15) is 15.9 Å². The van der Waals surface area contributed by atoms with Gasteiger partial charge in [0.15, 0.2) is 11.5 Å². The van der Waals surface area contributed by atoms with Crippen LogP contribution in [-0.2, 0) is 4.79 Å². The third-order valence-electron chi connectivity index (χ3n) is 3.62. The number of benzene rings is 2. The largest absolute Gasteiger partial charge is 0.493 e. The molecule has 2 aromatic carbocycles. The van der Waals surface area contributed by atoms with E-state index in [-0.39, 0.29) is 12.5 Å². The molecule has 0 fully saturated rings. The van der Waals surface area contributed by atoms with E-state index in [0.29, 0.717) is 28.4 Å². The lowest BCUT2D eigenvalue weighted by atomic mass is 10.2. The molecule has 8 nitrogen and oxygen atoms in total. The molecule has 0 aliphatic rings. The molecule has 2 rings (SSSR count). The minimum atomic E-state index is -0.473. The van der Waals surface area contributed by atoms with Crippen LogP contribution in [0, 0.1) is 0 Å². The summed E-state index contributed by atoms with van der Waals surface area (Å²) in [5, 5.41) is 6.41. The monoisotopic (exact) mass is 449 g/mol. The molecule has 0 aromatic heterocycles. The Hall–Kier alpha value is -3.07. The number of hydrogen-bond acceptors (Lipinski definition) is 6. The Morgan fingerprint density at radius 1 is 1.07 bits per heavy atom. The second-order valence-electron chi connectivity index (χ2n) is 5.41. The van der Waals surface area contributed by atoms with E-state index < -0.39 is 5.91 Å². The van der Waals surface area contributed by atoms with Gasteiger partial charge in [0.2, 0.25) is 5.75 Å². The first-order valence-corrected chi connectivity index (χ1v) is 8.94. The number of carbonyl (C=O) groups excluding carboxylic acids is 2. The van der Waals surface area contributed by atoms with Gasteiger partial charge in [0.1, 0.15) is 0 Å². The molecule has 0 unspecified atom stereocenters. The van der Waals surface area contributed by atoms with E-state index in [1.165, 1.54) is 27.5 Å². The van der Waals surface area contributed by atoms with Crippen molar-refractivity contribution in [2.75, 3.05) is 27.9 Å². The van der Waals surface area contributed by atoms with Crippen molar-refractivity contribution in [2.24, 2.45) is 5.10 Å². The molecule has 2 amide bonds. The summed E-state index contributed by atoms with van der Waals surface area (Å²) in [4.78, 5) is 23.9. The van der Waals surface area contributed by atoms with Gasteiger partial charge in [-0.05, 0) is 30.3 Å². The Labute approximate surface area is 171 Å². The van der Waals surface area contributed by atoms with E-state index in [1.54, 1.807) is 36.4 Å². The van der Waals surface area contributed by atoms with E-state index >= 15 is 0 Å². The molecular formula is C19H20BrN3O5. The molecule has 28 heavy (non-hydrogen) atoms. The van der Waals surface area contributed by atoms with Crippen LogP contribution >= 0.6 is 15.9 Å². The molecule has 9 heteroatoms. The summed E-state index contributed by atoms with van der Waals surface area (Å²) in [5.74, 6) is 0.515. The van der Waals surface area contributed by atoms with Gasteiger partial charge >= 0.3 is 0 Å². The highest BCUT2D eigenvalue weighted by molar-refractivity contribution is 9.10. The van der Waals surface area contributed by atoms with E-state index in [9.17, 15) is 9.59 Å². The zero-order valence-corrected chi connectivity index (χ0v) is 17.2. The summed E-state index contributed by atoms with van der Waals surface area (Å²) in [6, 6.07) is 10.3. The Morgan fingerprint density at radius 3 is 2.46 bits per heavy atom. The number of halogens is 1. The first kappa shape index (κ1) is 21.2. The summed E-state index contributed by atoms with van der Waals surface area (Å²) in [6.45, 7) is -0.217. The second kappa shape index (κ2) is 10.3. The maximum atomic E-state index is 12.0. The van der Waals surface area contributed by atoms with Crippen LogP contribution in [0.25, 0.3) is 0 Å². The van der Waals surface area contributed by atoms with Gasteiger partial charge in [-0.2, -0.15) is 5.10 Å². The standard InChI is InChI=1S/C19H20BrN3O5/c1-26-15-8-7-13(17(27-2)18(15)28-3)10-22-23-16(24)11-21-19(25)12-5-4-6-14(20)9-12/h4-10H,11H2,1-3H3,(H,21,25)(H,23,24). The highest BCUT2D eigenvalue weighted by Crippen LogP contribution is 2.38. The number of hydrazone groups is 1. The van der Waals surface area contributed by atoms with Gasteiger partial charge in [0, 0.05) is 15.6 Å². The van der Waals surface area contributed by atoms with Gasteiger partial charge < -0.3 is 19.5 Å². The van der Waals surface area contributed by atoms with Crippen molar-refractivity contribution in [1.82, 2.24) is 10.7 Å². The topological polar surface area (TPSA) is 98.2 Å². The quantitative estimate of drug-likeness (QED) is 0.476. The SMILES string of the molecule is COc1ccc(C=NNC(=O)CNC(=O)c2cccc(Br)c2)c(OC)c1OC. The van der Waals surface area contributed by atoms with Crippen LogP contribution in [0.4, 0.5) is 0 Å². The second-order valence-corrected chi connectivity index (χ2v) is 6.33. The van der Waals surface area contributed by atoms with Crippen molar-refractivity contribution < 1.29 is 23.8 Å². The fraction of sp³-hybridized carbons (Fsp3) is 0.211. The molecule has 0 heterocycles. The van der Waals surface area contributed by atoms with Crippen molar-refractivity contribution in [3.63, 3.8) is 0 Å². The molecule has 0 bridgehead atoms. The van der Waals surface area contributed by atoms with Gasteiger partial charge in [0.05, 0.1) is 34.1 Å². The normalized spacial score (nSPS) is 10.4. The van der Waals surface area contributed by atoms with Crippen LogP contribution in [0.5, 0.6) is 17.2 Å². The lowest BCUT2D eigenvalue weighted by Crippen LogP contribution is -2.34. The number of carbonyl (C=O) groups is 2. The lowest BCUT2D eigenvalue weighted by Gasteiger charge is -2.13. The maximum Gasteiger partial charge on any atom is 0.259 e. The fourth-order valence-corrected chi connectivity index (χ4v) is 2.73. The van der Waals surface area contributed by atoms with E-state index in [0.717, 1.165) is 4.47 Å². The van der Waals surface area contributed by atoms with Gasteiger partial charge in [0.25, 0.3) is 11.8 Å². The van der Waals surface area contributed by atoms with Crippen LogP contribution in [-0.4, -0.2) is 45.9 Å². The molecule has 0 aliphatic heterocycles. The Kier molecular flexibility index (Phi) is 7.82. The Morgan fingerprint density at radius 2 is 1.82 bits per heavy atom. The molecule has 2 N–H and O–H groups in total. The molecule has 0 radical (unpaired) electrons. The Balaban J connectivity index is 1.95. The highest BCUT2D eigenvalue weighted by atomic mass is 79.9. The predicted molar refractivity (Wildman–Crippen MR) is 108 cm³/mol. The van der Waals surface area contributed by atoms with Crippen molar-refractivity contribution in [3.8, 4) is 17.2 Å². The van der Waals surface area contributed by atoms with Crippen LogP contribution in [0.2, 0.25) is 0 Å². The van der Waals surface area contributed by atoms with Crippen molar-refractivity contribution in [1.29, 1.82) is 0 Å². The first-order valence-electron chi connectivity index (χ1n) is 8.14. The summed E-state index contributed by atoms with van der Waals surface area (Å²) in [6.07, 6.45) is 1.41. The van der Waals surface area contributed by atoms with Crippen LogP contribution in [0.3, 0.4) is 0 Å². The van der Waals surface area contributed by atoms with Crippen LogP contribution in [0.15, 0.2) is 46.0 Å². The van der Waals surface area contributed by atoms with Crippen molar-refractivity contribution in [2.45, 2.75) is 0 Å². The molecule has 148 valence electrons. The predicted octanol–water partition coefficient (Wildman–Crippen LogP) is 2.35. The molecule has 0 saturated heterocycles. The molecule has 2 aromatic rings. The number of rotatable bonds is 8. The number of nitrogens with one attached hydrogen (secondary N) is 2. The molecule has 0 aliphatic carbocycles. The van der Waals surface area contributed by atoms with Gasteiger partial charge in [-0.25, -0.2) is 5.43 Å². The third-order valence-corrected chi connectivity index (χ3v) is 4.12. The zero-order valence-electron chi connectivity index (χ0n) is 15.6. The van der Waals surface area contributed by atoms with Crippen LogP contribution < -0.4 is 25.0 Å². The molecular weight excluding hydrogens is 430 g/mol. The Bertz CT molecular complexity index is 886. The number of nitrogens with zero attached hydrogens (tertiary/aromatic N) is 1. The van der Waals surface area contributed by atoms with E-state index in [2.05, 4.69) is 31.8 Å². The first-order chi connectivity index (χ1) is 13.5. The van der Waals surface area contributed by atoms with Gasteiger partial charge in [-0.15, -0.1) is 0 Å². The average molecular weight is 450 g/mol. The van der Waals surface area contributed by atoms with Gasteiger partial charge in [-0.3, -0.25) is 9.59 Å². The summed E-state index contributed by atoms with van der Waals surface area (Å²) in [5.41, 5.74) is 3.37. The maximum absolute atomic E-state index is 12.0. The number of amides is 2. The van der Waals surface area contributed by atoms with Gasteiger partial charge in [-0.1, -0.05) is 22.0 Å². The third kappa shape index (κ3) is 5.46. The zero-order chi connectivity index (χ0) is 20.5. The smallest absolute Gasteiger partial charge is 0.259 e. The minimum absolute atomic E-state index is 0.217. The molecule has 0 atom stereocenters. The number of methoxy groups -OCH3 is 3.